The molecule has 0 fully saturated rings. The molecule has 1 aromatic rings. The van der Waals surface area contributed by atoms with Crippen LogP contribution < -0.4 is 20.5 Å². The molecule has 7 heteroatoms. The van der Waals surface area contributed by atoms with Gasteiger partial charge in [-0.05, 0) is 46.6 Å². The molecule has 1 rings (SSSR count). The van der Waals surface area contributed by atoms with Crippen molar-refractivity contribution in [2.75, 3.05) is 20.3 Å². The van der Waals surface area contributed by atoms with Gasteiger partial charge in [-0.3, -0.25) is 4.79 Å². The number of nitrogens with two attached hydrogens (primary N) is 1. The molecule has 0 aliphatic carbocycles. The van der Waals surface area contributed by atoms with Gasteiger partial charge in [-0.25, -0.2) is 0 Å². The molecule has 0 aliphatic heterocycles. The minimum Gasteiger partial charge on any atom is -0.493 e. The molecular weight excluding hydrogens is 408 g/mol. The highest BCUT2D eigenvalue weighted by Crippen LogP contribution is 2.36. The Morgan fingerprint density at radius 2 is 1.88 bits per heavy atom. The number of primary amides is 1. The van der Waals surface area contributed by atoms with E-state index >= 15 is 0 Å². The van der Waals surface area contributed by atoms with Crippen molar-refractivity contribution in [1.82, 2.24) is 5.32 Å². The fraction of sp³-hybridized carbons (Fsp3) is 0.611. The molecule has 0 saturated carbocycles. The van der Waals surface area contributed by atoms with Crippen LogP contribution in [0.1, 0.15) is 51.0 Å². The largest absolute Gasteiger partial charge is 0.493 e. The fourth-order valence-electron chi connectivity index (χ4n) is 2.42. The van der Waals surface area contributed by atoms with Crippen molar-refractivity contribution >= 4 is 34.2 Å². The lowest BCUT2D eigenvalue weighted by Gasteiger charge is -2.14. The number of rotatable bonds is 13. The summed E-state index contributed by atoms with van der Waals surface area (Å²) in [7, 11) is 1.58. The van der Waals surface area contributed by atoms with Crippen LogP contribution in [-0.2, 0) is 11.3 Å². The van der Waals surface area contributed by atoms with Crippen LogP contribution in [0.2, 0.25) is 0 Å². The summed E-state index contributed by atoms with van der Waals surface area (Å²) >= 11 is 3.46. The molecule has 0 heterocycles. The van der Waals surface area contributed by atoms with Crippen molar-refractivity contribution in [1.29, 1.82) is 0 Å². The second-order valence-electron chi connectivity index (χ2n) is 5.81. The van der Waals surface area contributed by atoms with Crippen LogP contribution in [0.5, 0.6) is 11.5 Å². The number of carbonyl (C=O) groups is 1. The van der Waals surface area contributed by atoms with Crippen LogP contribution in [0.15, 0.2) is 16.6 Å². The predicted molar refractivity (Wildman–Crippen MR) is 108 cm³/mol. The van der Waals surface area contributed by atoms with Gasteiger partial charge < -0.3 is 20.5 Å². The Morgan fingerprint density at radius 3 is 2.52 bits per heavy atom. The third-order valence-electron chi connectivity index (χ3n) is 3.68. The Bertz CT molecular complexity index is 515. The highest BCUT2D eigenvalue weighted by atomic mass is 79.9. The zero-order valence-electron chi connectivity index (χ0n) is 15.1. The molecule has 1 aromatic carbocycles. The van der Waals surface area contributed by atoms with Crippen LogP contribution in [0, 0.1) is 0 Å². The van der Waals surface area contributed by atoms with E-state index in [-0.39, 0.29) is 19.0 Å². The van der Waals surface area contributed by atoms with Gasteiger partial charge in [-0.15, -0.1) is 12.4 Å². The van der Waals surface area contributed by atoms with Gasteiger partial charge in [0.2, 0.25) is 0 Å². The standard InChI is InChI=1S/C18H29BrN2O3.ClH/c1-3-4-5-6-7-8-9-21-12-14-10-15(19)18(16(11-14)23-2)24-13-17(20)22;/h10-11,21H,3-9,12-13H2,1-2H3,(H2,20,22);1H. The Kier molecular flexibility index (Phi) is 13.7. The maximum absolute atomic E-state index is 10.9. The molecule has 0 saturated heterocycles. The first kappa shape index (κ1) is 24.0. The molecule has 0 atom stereocenters. The van der Waals surface area contributed by atoms with Crippen molar-refractivity contribution in [3.05, 3.63) is 22.2 Å². The SMILES string of the molecule is CCCCCCCCNCc1cc(Br)c(OCC(N)=O)c(OC)c1.Cl. The van der Waals surface area contributed by atoms with E-state index in [0.717, 1.165) is 23.1 Å². The average molecular weight is 438 g/mol. The molecule has 0 unspecified atom stereocenters. The first-order valence-electron chi connectivity index (χ1n) is 8.56. The first-order chi connectivity index (χ1) is 11.6. The van der Waals surface area contributed by atoms with Gasteiger partial charge in [0.25, 0.3) is 5.91 Å². The summed E-state index contributed by atoms with van der Waals surface area (Å²) in [6, 6.07) is 3.88. The number of carbonyl (C=O) groups excluding carboxylic acids is 1. The lowest BCUT2D eigenvalue weighted by molar-refractivity contribution is -0.119. The third-order valence-corrected chi connectivity index (χ3v) is 4.27. The molecule has 25 heavy (non-hydrogen) atoms. The molecule has 144 valence electrons. The molecule has 3 N–H and O–H groups in total. The number of hydrogen-bond acceptors (Lipinski definition) is 4. The number of unbranched alkanes of at least 4 members (excludes halogenated alkanes) is 5. The smallest absolute Gasteiger partial charge is 0.255 e. The summed E-state index contributed by atoms with van der Waals surface area (Å²) in [4.78, 5) is 10.9. The Labute approximate surface area is 165 Å². The van der Waals surface area contributed by atoms with E-state index in [1.165, 1.54) is 38.5 Å². The first-order valence-corrected chi connectivity index (χ1v) is 9.36. The highest BCUT2D eigenvalue weighted by Gasteiger charge is 2.12. The Morgan fingerprint density at radius 1 is 1.20 bits per heavy atom. The van der Waals surface area contributed by atoms with Crippen molar-refractivity contribution < 1.29 is 14.3 Å². The monoisotopic (exact) mass is 436 g/mol. The van der Waals surface area contributed by atoms with Gasteiger partial charge in [0.05, 0.1) is 11.6 Å². The topological polar surface area (TPSA) is 73.6 Å². The zero-order valence-corrected chi connectivity index (χ0v) is 17.5. The number of amides is 1. The van der Waals surface area contributed by atoms with Crippen LogP contribution in [0.25, 0.3) is 0 Å². The molecule has 0 radical (unpaired) electrons. The predicted octanol–water partition coefficient (Wildman–Crippen LogP) is 4.19. The third kappa shape index (κ3) is 9.92. The van der Waals surface area contributed by atoms with E-state index in [1.807, 2.05) is 12.1 Å². The summed E-state index contributed by atoms with van der Waals surface area (Å²) in [6.07, 6.45) is 7.76. The van der Waals surface area contributed by atoms with Crippen LogP contribution in [-0.4, -0.2) is 26.2 Å². The van der Waals surface area contributed by atoms with Gasteiger partial charge in [0.15, 0.2) is 18.1 Å². The molecule has 0 aromatic heterocycles. The highest BCUT2D eigenvalue weighted by molar-refractivity contribution is 9.10. The number of benzene rings is 1. The second-order valence-corrected chi connectivity index (χ2v) is 6.66. The second kappa shape index (κ2) is 14.2. The molecule has 0 bridgehead atoms. The van der Waals surface area contributed by atoms with Gasteiger partial charge >= 0.3 is 0 Å². The van der Waals surface area contributed by atoms with Gasteiger partial charge in [0, 0.05) is 6.54 Å². The minimum absolute atomic E-state index is 0. The van der Waals surface area contributed by atoms with E-state index in [2.05, 4.69) is 28.2 Å². The van der Waals surface area contributed by atoms with Gasteiger partial charge in [-0.1, -0.05) is 39.0 Å². The quantitative estimate of drug-likeness (QED) is 0.454. The van der Waals surface area contributed by atoms with Gasteiger partial charge in [-0.2, -0.15) is 0 Å². The summed E-state index contributed by atoms with van der Waals surface area (Å²) in [5, 5.41) is 3.45. The number of nitrogens with one attached hydrogen (secondary N) is 1. The van der Waals surface area contributed by atoms with Crippen molar-refractivity contribution in [2.24, 2.45) is 5.73 Å². The minimum atomic E-state index is -0.520. The number of hydrogen-bond donors (Lipinski definition) is 2. The summed E-state index contributed by atoms with van der Waals surface area (Å²) in [6.45, 7) is 3.83. The van der Waals surface area contributed by atoms with E-state index in [4.69, 9.17) is 15.2 Å². The van der Waals surface area contributed by atoms with Crippen LogP contribution >= 0.6 is 28.3 Å². The molecule has 5 nitrogen and oxygen atoms in total. The van der Waals surface area contributed by atoms with Gasteiger partial charge in [0.1, 0.15) is 0 Å². The lowest BCUT2D eigenvalue weighted by atomic mass is 10.1. The molecular formula is C18H30BrClN2O3. The van der Waals surface area contributed by atoms with E-state index in [0.29, 0.717) is 11.5 Å². The lowest BCUT2D eigenvalue weighted by Crippen LogP contribution is -2.20. The number of halogens is 2. The summed E-state index contributed by atoms with van der Waals surface area (Å²) in [5.74, 6) is 0.562. The van der Waals surface area contributed by atoms with E-state index in [1.54, 1.807) is 7.11 Å². The average Bonchev–Trinajstić information content (AvgIpc) is 2.55. The summed E-state index contributed by atoms with van der Waals surface area (Å²) in [5.41, 5.74) is 6.21. The molecule has 1 amide bonds. The molecule has 0 spiro atoms. The summed E-state index contributed by atoms with van der Waals surface area (Å²) < 4.78 is 11.5. The zero-order chi connectivity index (χ0) is 17.8. The fourth-order valence-corrected chi connectivity index (χ4v) is 3.03. The van der Waals surface area contributed by atoms with E-state index in [9.17, 15) is 4.79 Å². The maximum atomic E-state index is 10.9. The van der Waals surface area contributed by atoms with Crippen LogP contribution in [0.4, 0.5) is 0 Å². The normalized spacial score (nSPS) is 10.2. The number of ether oxygens (including phenoxy) is 2. The number of methoxy groups -OCH3 is 1. The van der Waals surface area contributed by atoms with E-state index < -0.39 is 5.91 Å². The van der Waals surface area contributed by atoms with Crippen molar-refractivity contribution in [2.45, 2.75) is 52.0 Å². The maximum Gasteiger partial charge on any atom is 0.255 e. The van der Waals surface area contributed by atoms with Crippen molar-refractivity contribution in [3.63, 3.8) is 0 Å². The Hall–Kier alpha value is -0.980. The molecule has 0 aliphatic rings. The van der Waals surface area contributed by atoms with Crippen LogP contribution in [0.3, 0.4) is 0 Å². The van der Waals surface area contributed by atoms with Crippen molar-refractivity contribution in [3.8, 4) is 11.5 Å². The Balaban J connectivity index is 0.00000576.